The Kier molecular flexibility index (Phi) is 4.96. The second-order valence-electron chi connectivity index (χ2n) is 5.58. The van der Waals surface area contributed by atoms with Crippen molar-refractivity contribution in [2.75, 3.05) is 6.54 Å². The van der Waals surface area contributed by atoms with Crippen LogP contribution >= 0.6 is 11.6 Å². The molecular weight excluding hydrogens is 324 g/mol. The van der Waals surface area contributed by atoms with E-state index in [0.717, 1.165) is 12.8 Å². The Hall–Kier alpha value is -2.59. The molecule has 0 fully saturated rings. The number of hydrogen-bond acceptors (Lipinski definition) is 2. The van der Waals surface area contributed by atoms with Crippen LogP contribution in [0.5, 0.6) is 0 Å². The van der Waals surface area contributed by atoms with E-state index < -0.39 is 0 Å². The molecule has 3 aromatic rings. The number of para-hydroxylation sites is 1. The Morgan fingerprint density at radius 2 is 1.83 bits per heavy atom. The molecule has 1 amide bonds. The average Bonchev–Trinajstić information content (AvgIpc) is 2.60. The Morgan fingerprint density at radius 1 is 1.08 bits per heavy atom. The number of aromatic amines is 1. The fourth-order valence-electron chi connectivity index (χ4n) is 2.56. The van der Waals surface area contributed by atoms with Gasteiger partial charge in [-0.25, -0.2) is 0 Å². The molecule has 0 aliphatic rings. The first-order chi connectivity index (χ1) is 11.6. The molecule has 0 bridgehead atoms. The second kappa shape index (κ2) is 7.32. The van der Waals surface area contributed by atoms with E-state index >= 15 is 0 Å². The zero-order valence-corrected chi connectivity index (χ0v) is 13.8. The van der Waals surface area contributed by atoms with Gasteiger partial charge in [-0.05, 0) is 42.7 Å². The summed E-state index contributed by atoms with van der Waals surface area (Å²) in [6.45, 7) is 0.538. The van der Waals surface area contributed by atoms with Gasteiger partial charge in [-0.15, -0.1) is 0 Å². The van der Waals surface area contributed by atoms with Crippen LogP contribution in [0.2, 0.25) is 5.02 Å². The third-order valence-electron chi connectivity index (χ3n) is 3.82. The lowest BCUT2D eigenvalue weighted by Gasteiger charge is -2.07. The highest BCUT2D eigenvalue weighted by atomic mass is 35.5. The first kappa shape index (κ1) is 16.3. The van der Waals surface area contributed by atoms with Crippen LogP contribution in [0.3, 0.4) is 0 Å². The van der Waals surface area contributed by atoms with Gasteiger partial charge in [0.25, 0.3) is 5.91 Å². The van der Waals surface area contributed by atoms with Gasteiger partial charge in [-0.1, -0.05) is 35.9 Å². The molecule has 0 unspecified atom stereocenters. The molecular formula is C19H17ClN2O2. The number of halogens is 1. The van der Waals surface area contributed by atoms with Crippen LogP contribution < -0.4 is 10.7 Å². The van der Waals surface area contributed by atoms with Crippen molar-refractivity contribution in [1.29, 1.82) is 0 Å². The zero-order valence-electron chi connectivity index (χ0n) is 13.0. The quantitative estimate of drug-likeness (QED) is 0.698. The number of carbonyl (C=O) groups is 1. The minimum absolute atomic E-state index is 0.157. The van der Waals surface area contributed by atoms with Crippen LogP contribution in [0, 0.1) is 0 Å². The molecule has 0 atom stereocenters. The Bertz CT molecular complexity index is 917. The van der Waals surface area contributed by atoms with Crippen LogP contribution in [0.15, 0.2) is 59.4 Å². The third kappa shape index (κ3) is 3.84. The van der Waals surface area contributed by atoms with Gasteiger partial charge in [0.05, 0.1) is 0 Å². The maximum absolute atomic E-state index is 12.2. The molecule has 0 saturated heterocycles. The van der Waals surface area contributed by atoms with Crippen molar-refractivity contribution < 1.29 is 4.79 Å². The fourth-order valence-corrected chi connectivity index (χ4v) is 2.69. The Balaban J connectivity index is 1.59. The standard InChI is InChI=1S/C19H17ClN2O2/c20-14-9-7-13(8-10-14)4-3-11-21-19(24)17-12-18(23)15-5-1-2-6-16(15)22-17/h1-2,5-10,12H,3-4,11H2,(H,21,24)(H,22,23). The van der Waals surface area contributed by atoms with Crippen LogP contribution in [-0.2, 0) is 6.42 Å². The highest BCUT2D eigenvalue weighted by molar-refractivity contribution is 6.30. The van der Waals surface area contributed by atoms with Crippen molar-refractivity contribution in [3.63, 3.8) is 0 Å². The molecule has 1 aromatic heterocycles. The predicted molar refractivity (Wildman–Crippen MR) is 96.7 cm³/mol. The predicted octanol–water partition coefficient (Wildman–Crippen LogP) is 3.54. The third-order valence-corrected chi connectivity index (χ3v) is 4.07. The molecule has 0 aliphatic carbocycles. The van der Waals surface area contributed by atoms with E-state index in [1.54, 1.807) is 18.2 Å². The molecule has 0 radical (unpaired) electrons. The molecule has 3 rings (SSSR count). The van der Waals surface area contributed by atoms with E-state index in [1.165, 1.54) is 11.6 Å². The van der Waals surface area contributed by atoms with Crippen molar-refractivity contribution in [1.82, 2.24) is 10.3 Å². The van der Waals surface area contributed by atoms with E-state index in [0.29, 0.717) is 22.5 Å². The second-order valence-corrected chi connectivity index (χ2v) is 6.02. The number of fused-ring (bicyclic) bond motifs is 1. The molecule has 0 saturated carbocycles. The summed E-state index contributed by atoms with van der Waals surface area (Å²) in [7, 11) is 0. The summed E-state index contributed by atoms with van der Waals surface area (Å²) in [5, 5.41) is 4.13. The van der Waals surface area contributed by atoms with Gasteiger partial charge in [-0.3, -0.25) is 9.59 Å². The molecule has 122 valence electrons. The van der Waals surface area contributed by atoms with Crippen LogP contribution in [0.1, 0.15) is 22.5 Å². The van der Waals surface area contributed by atoms with Crippen LogP contribution in [-0.4, -0.2) is 17.4 Å². The van der Waals surface area contributed by atoms with E-state index in [1.807, 2.05) is 30.3 Å². The molecule has 24 heavy (non-hydrogen) atoms. The van der Waals surface area contributed by atoms with Gasteiger partial charge in [0.1, 0.15) is 5.69 Å². The number of pyridine rings is 1. The Morgan fingerprint density at radius 3 is 2.62 bits per heavy atom. The van der Waals surface area contributed by atoms with Gasteiger partial charge in [-0.2, -0.15) is 0 Å². The summed E-state index contributed by atoms with van der Waals surface area (Å²) in [6, 6.07) is 16.2. The normalized spacial score (nSPS) is 10.7. The molecule has 1 heterocycles. The number of benzene rings is 2. The van der Waals surface area contributed by atoms with E-state index in [4.69, 9.17) is 11.6 Å². The van der Waals surface area contributed by atoms with Gasteiger partial charge in [0, 0.05) is 28.5 Å². The largest absolute Gasteiger partial charge is 0.351 e. The lowest BCUT2D eigenvalue weighted by atomic mass is 10.1. The minimum Gasteiger partial charge on any atom is -0.351 e. The zero-order chi connectivity index (χ0) is 16.9. The highest BCUT2D eigenvalue weighted by Gasteiger charge is 2.08. The number of amides is 1. The summed E-state index contributed by atoms with van der Waals surface area (Å²) in [5.74, 6) is -0.269. The van der Waals surface area contributed by atoms with Crippen LogP contribution in [0.25, 0.3) is 10.9 Å². The molecule has 2 aromatic carbocycles. The van der Waals surface area contributed by atoms with Crippen molar-refractivity contribution in [3.8, 4) is 0 Å². The fraction of sp³-hybridized carbons (Fsp3) is 0.158. The maximum atomic E-state index is 12.2. The molecule has 0 aliphatic heterocycles. The van der Waals surface area contributed by atoms with Crippen molar-refractivity contribution in [2.24, 2.45) is 0 Å². The number of carbonyl (C=O) groups excluding carboxylic acids is 1. The lowest BCUT2D eigenvalue weighted by Crippen LogP contribution is -2.26. The average molecular weight is 341 g/mol. The molecule has 0 spiro atoms. The van der Waals surface area contributed by atoms with Crippen molar-refractivity contribution in [2.45, 2.75) is 12.8 Å². The number of rotatable bonds is 5. The summed E-state index contributed by atoms with van der Waals surface area (Å²) in [4.78, 5) is 27.2. The summed E-state index contributed by atoms with van der Waals surface area (Å²) >= 11 is 5.85. The summed E-state index contributed by atoms with van der Waals surface area (Å²) in [5.41, 5.74) is 1.96. The van der Waals surface area contributed by atoms with Crippen LogP contribution in [0.4, 0.5) is 0 Å². The maximum Gasteiger partial charge on any atom is 0.267 e. The monoisotopic (exact) mass is 340 g/mol. The summed E-state index contributed by atoms with van der Waals surface area (Å²) in [6.07, 6.45) is 1.66. The number of aryl methyl sites for hydroxylation is 1. The minimum atomic E-state index is -0.269. The number of nitrogens with one attached hydrogen (secondary N) is 2. The van der Waals surface area contributed by atoms with E-state index in [9.17, 15) is 9.59 Å². The topological polar surface area (TPSA) is 62.0 Å². The number of hydrogen-bond donors (Lipinski definition) is 2. The van der Waals surface area contributed by atoms with Gasteiger partial charge >= 0.3 is 0 Å². The molecule has 2 N–H and O–H groups in total. The van der Waals surface area contributed by atoms with Gasteiger partial charge in [0.2, 0.25) is 0 Å². The smallest absolute Gasteiger partial charge is 0.267 e. The van der Waals surface area contributed by atoms with E-state index in [-0.39, 0.29) is 17.0 Å². The number of H-pyrrole nitrogens is 1. The first-order valence-electron chi connectivity index (χ1n) is 7.78. The van der Waals surface area contributed by atoms with Gasteiger partial charge < -0.3 is 10.3 Å². The Labute approximate surface area is 144 Å². The lowest BCUT2D eigenvalue weighted by molar-refractivity contribution is 0.0948. The summed E-state index contributed by atoms with van der Waals surface area (Å²) < 4.78 is 0. The van der Waals surface area contributed by atoms with Crippen molar-refractivity contribution in [3.05, 3.63) is 81.1 Å². The molecule has 4 nitrogen and oxygen atoms in total. The molecule has 5 heteroatoms. The number of aromatic nitrogens is 1. The van der Waals surface area contributed by atoms with E-state index in [2.05, 4.69) is 10.3 Å². The highest BCUT2D eigenvalue weighted by Crippen LogP contribution is 2.11. The SMILES string of the molecule is O=C(NCCCc1ccc(Cl)cc1)c1cc(=O)c2ccccc2[nH]1. The van der Waals surface area contributed by atoms with Crippen molar-refractivity contribution >= 4 is 28.4 Å². The first-order valence-corrected chi connectivity index (χ1v) is 8.16. The van der Waals surface area contributed by atoms with Gasteiger partial charge in [0.15, 0.2) is 5.43 Å².